The molecule has 0 aliphatic carbocycles. The Morgan fingerprint density at radius 2 is 2.04 bits per heavy atom. The summed E-state index contributed by atoms with van der Waals surface area (Å²) in [7, 11) is -9.26. The number of aromatic nitrogens is 4. The number of rotatable bonds is 6. The fraction of sp³-hybridized carbons (Fsp3) is 0.545. The van der Waals surface area contributed by atoms with Gasteiger partial charge in [-0.2, -0.15) is 0 Å². The molecule has 2 aromatic rings. The van der Waals surface area contributed by atoms with Crippen molar-refractivity contribution < 1.29 is 38.2 Å². The Morgan fingerprint density at radius 1 is 1.31 bits per heavy atom. The molecule has 0 amide bonds. The fourth-order valence-electron chi connectivity index (χ4n) is 2.58. The maximum Gasteiger partial charge on any atom is 0.340 e. The minimum absolute atomic E-state index is 0.123. The summed E-state index contributed by atoms with van der Waals surface area (Å²) in [6.07, 6.45) is 0.100. The van der Waals surface area contributed by atoms with Crippen LogP contribution in [0.5, 0.6) is 0 Å². The zero-order chi connectivity index (χ0) is 19.1. The number of aliphatic hydroxyl groups excluding tert-OH is 1. The second kappa shape index (κ2) is 6.95. The molecular formula is C11H17N5O8P2. The van der Waals surface area contributed by atoms with Gasteiger partial charge in [-0.05, 0) is 0 Å². The first-order valence-corrected chi connectivity index (χ1v) is 10.9. The number of nitrogen functional groups attached to an aromatic ring is 1. The molecule has 0 aromatic carbocycles. The van der Waals surface area contributed by atoms with Crippen molar-refractivity contribution in [1.82, 2.24) is 19.5 Å². The zero-order valence-electron chi connectivity index (χ0n) is 13.2. The molecule has 1 aliphatic heterocycles. The average Bonchev–Trinajstić information content (AvgIpc) is 3.07. The second-order valence-corrected chi connectivity index (χ2v) is 9.75. The summed E-state index contributed by atoms with van der Waals surface area (Å²) < 4.78 is 34.3. The zero-order valence-corrected chi connectivity index (χ0v) is 15.0. The van der Waals surface area contributed by atoms with Gasteiger partial charge in [-0.3, -0.25) is 13.7 Å². The molecule has 1 fully saturated rings. The van der Waals surface area contributed by atoms with Crippen LogP contribution in [0, 0.1) is 0 Å². The van der Waals surface area contributed by atoms with Crippen molar-refractivity contribution in [2.24, 2.45) is 0 Å². The van der Waals surface area contributed by atoms with Crippen LogP contribution in [0.3, 0.4) is 0 Å². The van der Waals surface area contributed by atoms with E-state index in [1.165, 1.54) is 17.2 Å². The highest BCUT2D eigenvalue weighted by atomic mass is 31.2. The molecule has 15 heteroatoms. The first kappa shape index (κ1) is 19.3. The van der Waals surface area contributed by atoms with Crippen LogP contribution < -0.4 is 5.73 Å². The monoisotopic (exact) mass is 409 g/mol. The van der Waals surface area contributed by atoms with Crippen LogP contribution in [0.25, 0.3) is 11.2 Å². The van der Waals surface area contributed by atoms with Crippen molar-refractivity contribution in [2.45, 2.75) is 24.9 Å². The van der Waals surface area contributed by atoms with Gasteiger partial charge in [-0.15, -0.1) is 0 Å². The Balaban J connectivity index is 1.69. The normalized spacial score (nSPS) is 26.2. The summed E-state index contributed by atoms with van der Waals surface area (Å²) in [6, 6.07) is 0. The third kappa shape index (κ3) is 4.27. The van der Waals surface area contributed by atoms with Crippen LogP contribution in [-0.4, -0.2) is 64.0 Å². The van der Waals surface area contributed by atoms with Gasteiger partial charge in [-0.1, -0.05) is 0 Å². The van der Waals surface area contributed by atoms with Crippen LogP contribution in [0.2, 0.25) is 0 Å². The number of ether oxygens (including phenoxy) is 1. The number of nitrogens with zero attached hydrogens (tertiary/aromatic N) is 4. The van der Waals surface area contributed by atoms with E-state index in [9.17, 15) is 19.1 Å². The van der Waals surface area contributed by atoms with Gasteiger partial charge in [-0.25, -0.2) is 15.0 Å². The predicted octanol–water partition coefficient (Wildman–Crippen LogP) is -0.606. The molecule has 13 nitrogen and oxygen atoms in total. The van der Waals surface area contributed by atoms with E-state index in [0.29, 0.717) is 11.2 Å². The quantitative estimate of drug-likeness (QED) is 0.379. The van der Waals surface area contributed by atoms with E-state index in [2.05, 4.69) is 15.0 Å². The average molecular weight is 409 g/mol. The minimum atomic E-state index is -4.73. The van der Waals surface area contributed by atoms with Gasteiger partial charge in [0, 0.05) is 6.42 Å². The van der Waals surface area contributed by atoms with E-state index >= 15 is 0 Å². The standard InChI is InChI=1S/C11H17N5O8P2/c12-10-9-11(14-3-13-10)16(4-15-9)8-1-6(17)7(24-8)2-23-26(21,22)5-25(18,19)20/h3-4,6-8,17H,1-2,5H2,(H,21,22)(H2,12,13,14)(H2,18,19,20)/t6-,7+,8+/m0/s1. The number of nitrogens with two attached hydrogens (primary N) is 1. The first-order valence-electron chi connectivity index (χ1n) is 7.33. The molecule has 1 unspecified atom stereocenters. The minimum Gasteiger partial charge on any atom is -0.390 e. The number of fused-ring (bicyclic) bond motifs is 1. The van der Waals surface area contributed by atoms with Crippen molar-refractivity contribution in [3.8, 4) is 0 Å². The lowest BCUT2D eigenvalue weighted by Crippen LogP contribution is -2.26. The van der Waals surface area contributed by atoms with Crippen molar-refractivity contribution >= 4 is 32.2 Å². The predicted molar refractivity (Wildman–Crippen MR) is 87.0 cm³/mol. The Bertz CT molecular complexity index is 900. The molecule has 2 aromatic heterocycles. The fourth-order valence-corrected chi connectivity index (χ4v) is 5.15. The van der Waals surface area contributed by atoms with E-state index in [1.807, 2.05) is 0 Å². The topological polar surface area (TPSA) is 203 Å². The van der Waals surface area contributed by atoms with Crippen LogP contribution in [0.15, 0.2) is 12.7 Å². The SMILES string of the molecule is Nc1ncnc2c1ncn2[C@H]1C[C@H](O)[C@@H](COP(=O)(O)CP(=O)(O)O)O1. The van der Waals surface area contributed by atoms with Gasteiger partial charge in [0.05, 0.1) is 19.0 Å². The van der Waals surface area contributed by atoms with Gasteiger partial charge in [0.25, 0.3) is 0 Å². The smallest absolute Gasteiger partial charge is 0.340 e. The van der Waals surface area contributed by atoms with Crippen molar-refractivity contribution in [3.05, 3.63) is 12.7 Å². The molecule has 6 N–H and O–H groups in total. The van der Waals surface area contributed by atoms with Gasteiger partial charge in [0.15, 0.2) is 17.4 Å². The van der Waals surface area contributed by atoms with E-state index in [1.54, 1.807) is 0 Å². The maximum atomic E-state index is 11.7. The van der Waals surface area contributed by atoms with Crippen molar-refractivity contribution in [3.63, 3.8) is 0 Å². The summed E-state index contributed by atoms with van der Waals surface area (Å²) >= 11 is 0. The summed E-state index contributed by atoms with van der Waals surface area (Å²) in [6.45, 7) is -0.519. The van der Waals surface area contributed by atoms with Crippen LogP contribution in [0.4, 0.5) is 5.82 Å². The molecule has 0 saturated carbocycles. The van der Waals surface area contributed by atoms with Crippen LogP contribution in [-0.2, 0) is 18.4 Å². The lowest BCUT2D eigenvalue weighted by atomic mass is 10.2. The molecule has 4 atom stereocenters. The highest BCUT2D eigenvalue weighted by Crippen LogP contribution is 2.55. The molecule has 3 heterocycles. The molecule has 0 spiro atoms. The van der Waals surface area contributed by atoms with Crippen LogP contribution >= 0.6 is 15.2 Å². The molecule has 1 aliphatic rings. The van der Waals surface area contributed by atoms with Gasteiger partial charge < -0.3 is 34.8 Å². The first-order chi connectivity index (χ1) is 12.1. The lowest BCUT2D eigenvalue weighted by molar-refractivity contribution is -0.0395. The Labute approximate surface area is 146 Å². The van der Waals surface area contributed by atoms with E-state index in [0.717, 1.165) is 0 Å². The highest BCUT2D eigenvalue weighted by molar-refractivity contribution is 7.70. The molecule has 26 heavy (non-hydrogen) atoms. The summed E-state index contributed by atoms with van der Waals surface area (Å²) in [5, 5.41) is 10.1. The number of anilines is 1. The maximum absolute atomic E-state index is 11.7. The van der Waals surface area contributed by atoms with Gasteiger partial charge in [0.2, 0.25) is 0 Å². The van der Waals surface area contributed by atoms with Gasteiger partial charge >= 0.3 is 15.2 Å². The Kier molecular flexibility index (Phi) is 5.17. The summed E-state index contributed by atoms with van der Waals surface area (Å²) in [5.41, 5.74) is 6.47. The van der Waals surface area contributed by atoms with E-state index < -0.39 is 46.1 Å². The Hall–Kier alpha value is -1.43. The third-order valence-corrected chi connectivity index (χ3v) is 7.16. The molecule has 144 valence electrons. The molecule has 0 bridgehead atoms. The van der Waals surface area contributed by atoms with Crippen LogP contribution in [0.1, 0.15) is 12.6 Å². The second-order valence-electron chi connectivity index (χ2n) is 5.75. The molecule has 3 rings (SSSR count). The molecule has 1 saturated heterocycles. The number of imidazole rings is 1. The molecular weight excluding hydrogens is 392 g/mol. The molecule has 0 radical (unpaired) electrons. The van der Waals surface area contributed by atoms with Crippen molar-refractivity contribution in [1.29, 1.82) is 0 Å². The number of hydrogen-bond donors (Lipinski definition) is 5. The summed E-state index contributed by atoms with van der Waals surface area (Å²) in [4.78, 5) is 39.0. The number of aliphatic hydroxyl groups is 1. The largest absolute Gasteiger partial charge is 0.390 e. The highest BCUT2D eigenvalue weighted by Gasteiger charge is 2.39. The van der Waals surface area contributed by atoms with E-state index in [4.69, 9.17) is 24.8 Å². The van der Waals surface area contributed by atoms with E-state index in [-0.39, 0.29) is 12.2 Å². The third-order valence-electron chi connectivity index (χ3n) is 3.70. The van der Waals surface area contributed by atoms with Crippen molar-refractivity contribution in [2.75, 3.05) is 18.2 Å². The summed E-state index contributed by atoms with van der Waals surface area (Å²) in [5.74, 6) is -1.12. The number of hydrogen-bond acceptors (Lipinski definition) is 9. The lowest BCUT2D eigenvalue weighted by Gasteiger charge is -2.18. The van der Waals surface area contributed by atoms with Gasteiger partial charge in [0.1, 0.15) is 24.2 Å². The Morgan fingerprint density at radius 3 is 2.73 bits per heavy atom.